The van der Waals surface area contributed by atoms with Gasteiger partial charge in [0, 0.05) is 4.47 Å². The number of hydrogen-bond donors (Lipinski definition) is 1. The molecule has 19 heavy (non-hydrogen) atoms. The Morgan fingerprint density at radius 1 is 1.21 bits per heavy atom. The minimum absolute atomic E-state index is 0.0728. The SMILES string of the molecule is Cc1ccccc1Cn1c(=O)[nH]c2ccc(Br)cc21. The molecule has 0 aliphatic rings. The average Bonchev–Trinajstić information content (AvgIpc) is 2.69. The highest BCUT2D eigenvalue weighted by molar-refractivity contribution is 9.10. The van der Waals surface area contributed by atoms with Crippen molar-refractivity contribution >= 4 is 27.0 Å². The summed E-state index contributed by atoms with van der Waals surface area (Å²) in [6.45, 7) is 2.65. The first-order valence-electron chi connectivity index (χ1n) is 6.08. The van der Waals surface area contributed by atoms with Crippen molar-refractivity contribution in [2.45, 2.75) is 13.5 Å². The Bertz CT molecular complexity index is 801. The Hall–Kier alpha value is -1.81. The number of halogens is 1. The van der Waals surface area contributed by atoms with E-state index in [0.717, 1.165) is 21.1 Å². The summed E-state index contributed by atoms with van der Waals surface area (Å²) in [5.41, 5.74) is 4.06. The van der Waals surface area contributed by atoms with Crippen molar-refractivity contribution in [1.82, 2.24) is 9.55 Å². The lowest BCUT2D eigenvalue weighted by Crippen LogP contribution is -2.17. The summed E-state index contributed by atoms with van der Waals surface area (Å²) in [5.74, 6) is 0. The second kappa shape index (κ2) is 4.70. The molecule has 0 aliphatic heterocycles. The quantitative estimate of drug-likeness (QED) is 0.772. The van der Waals surface area contributed by atoms with Crippen LogP contribution in [0.2, 0.25) is 0 Å². The summed E-state index contributed by atoms with van der Waals surface area (Å²) in [5, 5.41) is 0. The molecule has 0 fully saturated rings. The normalized spacial score (nSPS) is 11.1. The van der Waals surface area contributed by atoms with E-state index in [1.165, 1.54) is 5.56 Å². The predicted molar refractivity (Wildman–Crippen MR) is 80.5 cm³/mol. The number of benzene rings is 2. The fraction of sp³-hybridized carbons (Fsp3) is 0.133. The summed E-state index contributed by atoms with van der Waals surface area (Å²) in [6, 6.07) is 13.9. The highest BCUT2D eigenvalue weighted by Crippen LogP contribution is 2.18. The molecule has 0 radical (unpaired) electrons. The molecule has 0 aliphatic carbocycles. The summed E-state index contributed by atoms with van der Waals surface area (Å²) in [7, 11) is 0. The van der Waals surface area contributed by atoms with Crippen molar-refractivity contribution in [2.75, 3.05) is 0 Å². The Labute approximate surface area is 119 Å². The Morgan fingerprint density at radius 2 is 2.00 bits per heavy atom. The zero-order chi connectivity index (χ0) is 13.4. The van der Waals surface area contributed by atoms with E-state index in [-0.39, 0.29) is 5.69 Å². The van der Waals surface area contributed by atoms with Crippen LogP contribution in [-0.2, 0) is 6.54 Å². The highest BCUT2D eigenvalue weighted by Gasteiger charge is 2.08. The van der Waals surface area contributed by atoms with Crippen LogP contribution in [0.3, 0.4) is 0 Å². The fourth-order valence-corrected chi connectivity index (χ4v) is 2.59. The molecule has 1 aromatic heterocycles. The maximum Gasteiger partial charge on any atom is 0.326 e. The first-order valence-corrected chi connectivity index (χ1v) is 6.87. The van der Waals surface area contributed by atoms with Gasteiger partial charge in [-0.2, -0.15) is 0 Å². The van der Waals surface area contributed by atoms with Crippen LogP contribution in [0.25, 0.3) is 11.0 Å². The van der Waals surface area contributed by atoms with Gasteiger partial charge in [-0.05, 0) is 36.2 Å². The molecule has 0 saturated carbocycles. The zero-order valence-electron chi connectivity index (χ0n) is 10.5. The van der Waals surface area contributed by atoms with Crippen molar-refractivity contribution in [3.05, 3.63) is 68.5 Å². The number of H-pyrrole nitrogens is 1. The molecule has 4 heteroatoms. The molecule has 3 rings (SSSR count). The lowest BCUT2D eigenvalue weighted by molar-refractivity contribution is 0.782. The molecule has 3 aromatic rings. The van der Waals surface area contributed by atoms with Crippen LogP contribution < -0.4 is 5.69 Å². The molecule has 0 unspecified atom stereocenters. The summed E-state index contributed by atoms with van der Waals surface area (Å²) in [4.78, 5) is 14.9. The summed E-state index contributed by atoms with van der Waals surface area (Å²) < 4.78 is 2.74. The van der Waals surface area contributed by atoms with Gasteiger partial charge in [-0.3, -0.25) is 4.57 Å². The van der Waals surface area contributed by atoms with Crippen LogP contribution in [0.1, 0.15) is 11.1 Å². The van der Waals surface area contributed by atoms with Gasteiger partial charge in [0.05, 0.1) is 17.6 Å². The number of hydrogen-bond acceptors (Lipinski definition) is 1. The summed E-state index contributed by atoms with van der Waals surface area (Å²) >= 11 is 3.45. The van der Waals surface area contributed by atoms with E-state index in [9.17, 15) is 4.79 Å². The number of nitrogens with zero attached hydrogens (tertiary/aromatic N) is 1. The topological polar surface area (TPSA) is 37.8 Å². The number of nitrogens with one attached hydrogen (secondary N) is 1. The average molecular weight is 317 g/mol. The van der Waals surface area contributed by atoms with E-state index < -0.39 is 0 Å². The van der Waals surface area contributed by atoms with Crippen molar-refractivity contribution in [1.29, 1.82) is 0 Å². The number of aryl methyl sites for hydroxylation is 1. The van der Waals surface area contributed by atoms with Crippen molar-refractivity contribution in [3.63, 3.8) is 0 Å². The van der Waals surface area contributed by atoms with E-state index in [2.05, 4.69) is 40.0 Å². The molecule has 2 aromatic carbocycles. The van der Waals surface area contributed by atoms with Gasteiger partial charge in [0.1, 0.15) is 0 Å². The van der Waals surface area contributed by atoms with Crippen LogP contribution in [0, 0.1) is 6.92 Å². The van der Waals surface area contributed by atoms with Gasteiger partial charge in [0.2, 0.25) is 0 Å². The van der Waals surface area contributed by atoms with E-state index in [1.807, 2.05) is 30.3 Å². The molecule has 0 saturated heterocycles. The van der Waals surface area contributed by atoms with Crippen LogP contribution >= 0.6 is 15.9 Å². The van der Waals surface area contributed by atoms with Crippen LogP contribution in [-0.4, -0.2) is 9.55 Å². The lowest BCUT2D eigenvalue weighted by Gasteiger charge is -2.07. The number of rotatable bonds is 2. The number of aromatic amines is 1. The number of imidazole rings is 1. The third-order valence-electron chi connectivity index (χ3n) is 3.33. The maximum absolute atomic E-state index is 12.1. The monoisotopic (exact) mass is 316 g/mol. The predicted octanol–water partition coefficient (Wildman–Crippen LogP) is 3.45. The second-order valence-electron chi connectivity index (χ2n) is 4.60. The highest BCUT2D eigenvalue weighted by atomic mass is 79.9. The van der Waals surface area contributed by atoms with Crippen molar-refractivity contribution in [2.24, 2.45) is 0 Å². The molecule has 0 bridgehead atoms. The zero-order valence-corrected chi connectivity index (χ0v) is 12.1. The van der Waals surface area contributed by atoms with Gasteiger partial charge in [0.15, 0.2) is 0 Å². The maximum atomic E-state index is 12.1. The molecule has 96 valence electrons. The number of aromatic nitrogens is 2. The Balaban J connectivity index is 2.15. The van der Waals surface area contributed by atoms with E-state index in [0.29, 0.717) is 6.54 Å². The molecule has 0 atom stereocenters. The Morgan fingerprint density at radius 3 is 2.79 bits per heavy atom. The third kappa shape index (κ3) is 2.24. The first-order chi connectivity index (χ1) is 9.15. The van der Waals surface area contributed by atoms with Gasteiger partial charge in [0.25, 0.3) is 0 Å². The molecular formula is C15H13BrN2O. The van der Waals surface area contributed by atoms with E-state index in [1.54, 1.807) is 4.57 Å². The van der Waals surface area contributed by atoms with E-state index in [4.69, 9.17) is 0 Å². The van der Waals surface area contributed by atoms with Crippen molar-refractivity contribution in [3.8, 4) is 0 Å². The molecule has 3 nitrogen and oxygen atoms in total. The van der Waals surface area contributed by atoms with Crippen molar-refractivity contribution < 1.29 is 0 Å². The minimum atomic E-state index is -0.0728. The largest absolute Gasteiger partial charge is 0.326 e. The molecule has 0 spiro atoms. The minimum Gasteiger partial charge on any atom is -0.306 e. The lowest BCUT2D eigenvalue weighted by atomic mass is 10.1. The van der Waals surface area contributed by atoms with Gasteiger partial charge in [-0.25, -0.2) is 4.79 Å². The molecule has 1 heterocycles. The van der Waals surface area contributed by atoms with Crippen LogP contribution in [0.15, 0.2) is 51.7 Å². The second-order valence-corrected chi connectivity index (χ2v) is 5.52. The van der Waals surface area contributed by atoms with Crippen LogP contribution in [0.5, 0.6) is 0 Å². The van der Waals surface area contributed by atoms with Gasteiger partial charge in [-0.1, -0.05) is 40.2 Å². The molecule has 1 N–H and O–H groups in total. The molecule has 0 amide bonds. The van der Waals surface area contributed by atoms with E-state index >= 15 is 0 Å². The fourth-order valence-electron chi connectivity index (χ4n) is 2.24. The molecular weight excluding hydrogens is 304 g/mol. The number of fused-ring (bicyclic) bond motifs is 1. The van der Waals surface area contributed by atoms with Gasteiger partial charge < -0.3 is 4.98 Å². The smallest absolute Gasteiger partial charge is 0.306 e. The van der Waals surface area contributed by atoms with Gasteiger partial charge in [-0.15, -0.1) is 0 Å². The van der Waals surface area contributed by atoms with Crippen LogP contribution in [0.4, 0.5) is 0 Å². The third-order valence-corrected chi connectivity index (χ3v) is 3.82. The first kappa shape index (κ1) is 12.2. The van der Waals surface area contributed by atoms with Gasteiger partial charge >= 0.3 is 5.69 Å². The Kier molecular flexibility index (Phi) is 3.03. The standard InChI is InChI=1S/C15H13BrN2O/c1-10-4-2-3-5-11(10)9-18-14-8-12(16)6-7-13(14)17-15(18)19/h2-8H,9H2,1H3,(H,17,19). The summed E-state index contributed by atoms with van der Waals surface area (Å²) in [6.07, 6.45) is 0.